The minimum Gasteiger partial charge on any atom is -0.352 e. The van der Waals surface area contributed by atoms with Crippen molar-refractivity contribution in [2.45, 2.75) is 19.5 Å². The van der Waals surface area contributed by atoms with Crippen molar-refractivity contribution in [3.8, 4) is 0 Å². The van der Waals surface area contributed by atoms with Gasteiger partial charge in [-0.15, -0.1) is 0 Å². The van der Waals surface area contributed by atoms with Gasteiger partial charge in [-0.05, 0) is 29.4 Å². The van der Waals surface area contributed by atoms with E-state index in [4.69, 9.17) is 0 Å². The maximum Gasteiger partial charge on any atom is 0.224 e. The third-order valence-electron chi connectivity index (χ3n) is 5.68. The Morgan fingerprint density at radius 2 is 1.11 bits per heavy atom. The Bertz CT molecular complexity index is 762. The standard InChI is InChI=1S/C23H24N2O2/c26-22(24-14-16-7-3-1-4-8-16)20-18-11-12-19(13-18)21(20)23(27)25-15-17-9-5-2-6-10-17/h1-12,18-21H,13-15H2,(H,24,26)(H,25,27)/t18-,19-,20-,21+/m1/s1. The molecule has 0 spiro atoms. The highest BCUT2D eigenvalue weighted by Gasteiger charge is 2.51. The van der Waals surface area contributed by atoms with Crippen LogP contribution in [0.3, 0.4) is 0 Å². The molecule has 2 amide bonds. The van der Waals surface area contributed by atoms with Gasteiger partial charge in [0.15, 0.2) is 0 Å². The minimum absolute atomic E-state index is 0.0180. The van der Waals surface area contributed by atoms with Crippen LogP contribution in [0.1, 0.15) is 17.5 Å². The Balaban J connectivity index is 1.40. The molecule has 2 bridgehead atoms. The first-order chi connectivity index (χ1) is 13.2. The van der Waals surface area contributed by atoms with Gasteiger partial charge in [-0.25, -0.2) is 0 Å². The Kier molecular flexibility index (Phi) is 5.05. The summed E-state index contributed by atoms with van der Waals surface area (Å²) in [5.41, 5.74) is 2.13. The lowest BCUT2D eigenvalue weighted by atomic mass is 9.81. The third kappa shape index (κ3) is 3.80. The maximum atomic E-state index is 12.9. The normalized spacial score (nSPS) is 25.3. The third-order valence-corrected chi connectivity index (χ3v) is 5.68. The molecule has 2 aliphatic carbocycles. The van der Waals surface area contributed by atoms with Crippen LogP contribution in [0.4, 0.5) is 0 Å². The number of carbonyl (C=O) groups is 2. The van der Waals surface area contributed by atoms with Gasteiger partial charge in [0, 0.05) is 13.1 Å². The molecule has 0 unspecified atom stereocenters. The molecular formula is C23H24N2O2. The van der Waals surface area contributed by atoms with Crippen molar-refractivity contribution in [2.75, 3.05) is 0 Å². The van der Waals surface area contributed by atoms with Crippen molar-refractivity contribution in [2.24, 2.45) is 23.7 Å². The predicted molar refractivity (Wildman–Crippen MR) is 104 cm³/mol. The lowest BCUT2D eigenvalue weighted by Gasteiger charge is -2.26. The number of benzene rings is 2. The van der Waals surface area contributed by atoms with Crippen molar-refractivity contribution >= 4 is 11.8 Å². The summed E-state index contributed by atoms with van der Waals surface area (Å²) in [5.74, 6) is -0.262. The summed E-state index contributed by atoms with van der Waals surface area (Å²) >= 11 is 0. The van der Waals surface area contributed by atoms with Crippen LogP contribution >= 0.6 is 0 Å². The molecule has 4 rings (SSSR count). The molecule has 0 aromatic heterocycles. The second-order valence-corrected chi connectivity index (χ2v) is 7.41. The van der Waals surface area contributed by atoms with Crippen LogP contribution in [-0.2, 0) is 22.7 Å². The van der Waals surface area contributed by atoms with Gasteiger partial charge in [-0.3, -0.25) is 9.59 Å². The van der Waals surface area contributed by atoms with Crippen molar-refractivity contribution in [1.29, 1.82) is 0 Å². The van der Waals surface area contributed by atoms with Crippen molar-refractivity contribution in [3.05, 3.63) is 83.9 Å². The quantitative estimate of drug-likeness (QED) is 0.778. The number of fused-ring (bicyclic) bond motifs is 2. The van der Waals surface area contributed by atoms with E-state index in [1.54, 1.807) is 0 Å². The molecule has 0 saturated heterocycles. The number of hydrogen-bond acceptors (Lipinski definition) is 2. The second-order valence-electron chi connectivity index (χ2n) is 7.41. The Hall–Kier alpha value is -2.88. The zero-order valence-corrected chi connectivity index (χ0v) is 15.2. The molecule has 2 aliphatic rings. The molecule has 0 radical (unpaired) electrons. The van der Waals surface area contributed by atoms with Gasteiger partial charge >= 0.3 is 0 Å². The lowest BCUT2D eigenvalue weighted by molar-refractivity contribution is -0.135. The van der Waals surface area contributed by atoms with Gasteiger partial charge in [0.1, 0.15) is 0 Å². The largest absolute Gasteiger partial charge is 0.352 e. The van der Waals surface area contributed by atoms with Crippen LogP contribution in [0.2, 0.25) is 0 Å². The molecule has 1 fully saturated rings. The molecule has 2 aromatic carbocycles. The van der Waals surface area contributed by atoms with E-state index in [1.165, 1.54) is 0 Å². The molecule has 4 heteroatoms. The van der Waals surface area contributed by atoms with E-state index in [1.807, 2.05) is 60.7 Å². The van der Waals surface area contributed by atoms with Crippen molar-refractivity contribution < 1.29 is 9.59 Å². The van der Waals surface area contributed by atoms with E-state index in [2.05, 4.69) is 22.8 Å². The van der Waals surface area contributed by atoms with E-state index >= 15 is 0 Å². The molecular weight excluding hydrogens is 336 g/mol. The molecule has 0 heterocycles. The molecule has 4 atom stereocenters. The Morgan fingerprint density at radius 1 is 0.704 bits per heavy atom. The molecule has 4 nitrogen and oxygen atoms in total. The summed E-state index contributed by atoms with van der Waals surface area (Å²) in [5, 5.41) is 6.06. The second kappa shape index (κ2) is 7.78. The van der Waals surface area contributed by atoms with Crippen LogP contribution in [0.5, 0.6) is 0 Å². The van der Waals surface area contributed by atoms with E-state index in [9.17, 15) is 9.59 Å². The van der Waals surface area contributed by atoms with E-state index < -0.39 is 0 Å². The summed E-state index contributed by atoms with van der Waals surface area (Å²) in [7, 11) is 0. The fourth-order valence-electron chi connectivity index (χ4n) is 4.34. The van der Waals surface area contributed by atoms with Crippen molar-refractivity contribution in [1.82, 2.24) is 10.6 Å². The molecule has 0 aliphatic heterocycles. The highest BCUT2D eigenvalue weighted by Crippen LogP contribution is 2.48. The van der Waals surface area contributed by atoms with Crippen LogP contribution in [0.15, 0.2) is 72.8 Å². The van der Waals surface area contributed by atoms with E-state index in [0.717, 1.165) is 17.5 Å². The van der Waals surface area contributed by atoms with Crippen LogP contribution in [0, 0.1) is 23.7 Å². The maximum absolute atomic E-state index is 12.9. The van der Waals surface area contributed by atoms with Gasteiger partial charge in [0.25, 0.3) is 0 Å². The Labute approximate surface area is 159 Å². The van der Waals surface area contributed by atoms with Gasteiger partial charge < -0.3 is 10.6 Å². The highest BCUT2D eigenvalue weighted by atomic mass is 16.2. The first-order valence-corrected chi connectivity index (χ1v) is 9.54. The molecule has 138 valence electrons. The van der Waals surface area contributed by atoms with Crippen LogP contribution < -0.4 is 10.6 Å². The first kappa shape index (κ1) is 17.5. The van der Waals surface area contributed by atoms with Gasteiger partial charge in [0.05, 0.1) is 11.8 Å². The summed E-state index contributed by atoms with van der Waals surface area (Å²) in [6.07, 6.45) is 5.11. The SMILES string of the molecule is O=C(NCc1ccccc1)[C@@H]1[C@H](C(=O)NCc2ccccc2)[C@@H]2C=C[C@@H]1C2. The zero-order valence-electron chi connectivity index (χ0n) is 15.2. The van der Waals surface area contributed by atoms with Crippen LogP contribution in [0.25, 0.3) is 0 Å². The van der Waals surface area contributed by atoms with Gasteiger partial charge in [0.2, 0.25) is 11.8 Å². The molecule has 1 saturated carbocycles. The molecule has 2 N–H and O–H groups in total. The van der Waals surface area contributed by atoms with Crippen molar-refractivity contribution in [3.63, 3.8) is 0 Å². The summed E-state index contributed by atoms with van der Waals surface area (Å²) in [6, 6.07) is 19.7. The number of amides is 2. The van der Waals surface area contributed by atoms with Gasteiger partial charge in [-0.2, -0.15) is 0 Å². The smallest absolute Gasteiger partial charge is 0.224 e. The number of hydrogen-bond donors (Lipinski definition) is 2. The molecule has 2 aromatic rings. The molecule has 27 heavy (non-hydrogen) atoms. The summed E-state index contributed by atoms with van der Waals surface area (Å²) in [4.78, 5) is 25.7. The zero-order chi connectivity index (χ0) is 18.6. The van der Waals surface area contributed by atoms with Crippen LogP contribution in [-0.4, -0.2) is 11.8 Å². The summed E-state index contributed by atoms with van der Waals surface area (Å²) in [6.45, 7) is 0.991. The predicted octanol–water partition coefficient (Wildman–Crippen LogP) is 3.06. The lowest BCUT2D eigenvalue weighted by Crippen LogP contribution is -2.43. The monoisotopic (exact) mass is 360 g/mol. The Morgan fingerprint density at radius 3 is 1.52 bits per heavy atom. The topological polar surface area (TPSA) is 58.2 Å². The average Bonchev–Trinajstić information content (AvgIpc) is 3.33. The van der Waals surface area contributed by atoms with Gasteiger partial charge in [-0.1, -0.05) is 72.8 Å². The fraction of sp³-hybridized carbons (Fsp3) is 0.304. The van der Waals surface area contributed by atoms with E-state index in [-0.39, 0.29) is 35.5 Å². The minimum atomic E-state index is -0.278. The summed E-state index contributed by atoms with van der Waals surface area (Å²) < 4.78 is 0. The number of nitrogens with one attached hydrogen (secondary N) is 2. The fourth-order valence-corrected chi connectivity index (χ4v) is 4.34. The van der Waals surface area contributed by atoms with E-state index in [0.29, 0.717) is 13.1 Å². The number of carbonyl (C=O) groups excluding carboxylic acids is 2. The number of allylic oxidation sites excluding steroid dienone is 2. The number of rotatable bonds is 6. The average molecular weight is 360 g/mol. The highest BCUT2D eigenvalue weighted by molar-refractivity contribution is 5.89. The first-order valence-electron chi connectivity index (χ1n) is 9.54.